The number of hydrogen-bond donors (Lipinski definition) is 3. The van der Waals surface area contributed by atoms with Crippen molar-refractivity contribution in [2.45, 2.75) is 41.1 Å². The lowest BCUT2D eigenvalue weighted by molar-refractivity contribution is -0.167. The number of aliphatic hydroxyl groups excluding tert-OH is 2. The maximum absolute atomic E-state index is 10.4. The van der Waals surface area contributed by atoms with Crippen molar-refractivity contribution in [2.75, 3.05) is 26.8 Å². The summed E-state index contributed by atoms with van der Waals surface area (Å²) >= 11 is 7.50. The first-order valence-electron chi connectivity index (χ1n) is 8.82. The van der Waals surface area contributed by atoms with Crippen LogP contribution in [0.5, 0.6) is 0 Å². The minimum atomic E-state index is -1.17. The summed E-state index contributed by atoms with van der Waals surface area (Å²) in [5, 5.41) is 27.4. The molecule has 0 aromatic carbocycles. The zero-order valence-electron chi connectivity index (χ0n) is 15.2. The molecule has 1 aromatic rings. The molecule has 3 heterocycles. The molecule has 0 saturated carbocycles. The first-order valence-corrected chi connectivity index (χ1v) is 10.1. The van der Waals surface area contributed by atoms with Crippen LogP contribution in [0.3, 0.4) is 0 Å². The smallest absolute Gasteiger partial charge is 0.134 e. The summed E-state index contributed by atoms with van der Waals surface area (Å²) < 4.78 is 11.4. The Morgan fingerprint density at radius 1 is 1.57 bits per heavy atom. The summed E-state index contributed by atoms with van der Waals surface area (Å²) in [4.78, 5) is 8.11. The van der Waals surface area contributed by atoms with Crippen molar-refractivity contribution in [3.05, 3.63) is 39.5 Å². The quantitative estimate of drug-likeness (QED) is 0.359. The van der Waals surface area contributed by atoms with Gasteiger partial charge in [0.2, 0.25) is 0 Å². The van der Waals surface area contributed by atoms with Gasteiger partial charge in [0.25, 0.3) is 0 Å². The second-order valence-electron chi connectivity index (χ2n) is 6.41. The number of aromatic nitrogens is 1. The Labute approximate surface area is 171 Å². The van der Waals surface area contributed by atoms with Gasteiger partial charge >= 0.3 is 0 Å². The molecule has 0 bridgehead atoms. The number of azide groups is 1. The predicted octanol–water partition coefficient (Wildman–Crippen LogP) is 1.98. The number of halogens is 1. The van der Waals surface area contributed by atoms with Crippen LogP contribution in [0.15, 0.2) is 28.3 Å². The molecule has 2 unspecified atom stereocenters. The molecule has 0 radical (unpaired) electrons. The van der Waals surface area contributed by atoms with E-state index in [4.69, 9.17) is 26.6 Å². The van der Waals surface area contributed by atoms with Crippen molar-refractivity contribution in [3.63, 3.8) is 0 Å². The Morgan fingerprint density at radius 2 is 2.39 bits per heavy atom. The summed E-state index contributed by atoms with van der Waals surface area (Å²) in [6.07, 6.45) is 1.73. The number of ether oxygens (including phenoxy) is 2. The van der Waals surface area contributed by atoms with Crippen molar-refractivity contribution in [1.82, 2.24) is 10.3 Å². The number of rotatable bonds is 6. The van der Waals surface area contributed by atoms with Crippen LogP contribution in [-0.2, 0) is 9.47 Å². The van der Waals surface area contributed by atoms with E-state index >= 15 is 0 Å². The molecule has 28 heavy (non-hydrogen) atoms. The van der Waals surface area contributed by atoms with E-state index in [9.17, 15) is 10.2 Å². The molecule has 1 aromatic heterocycles. The highest BCUT2D eigenvalue weighted by Crippen LogP contribution is 2.39. The molecule has 3 N–H and O–H groups in total. The van der Waals surface area contributed by atoms with E-state index in [0.29, 0.717) is 5.02 Å². The van der Waals surface area contributed by atoms with Gasteiger partial charge in [-0.3, -0.25) is 4.98 Å². The van der Waals surface area contributed by atoms with E-state index in [0.717, 1.165) is 35.7 Å². The average molecular weight is 428 g/mol. The Kier molecular flexibility index (Phi) is 7.55. The molecule has 2 aliphatic heterocycles. The van der Waals surface area contributed by atoms with Crippen LogP contribution in [0.1, 0.15) is 12.1 Å². The van der Waals surface area contributed by atoms with Gasteiger partial charge in [-0.2, -0.15) is 0 Å². The summed E-state index contributed by atoms with van der Waals surface area (Å²) in [7, 11) is 1.46. The maximum atomic E-state index is 10.4. The number of methoxy groups -OCH3 is 1. The molecule has 152 valence electrons. The summed E-state index contributed by atoms with van der Waals surface area (Å²) in [5.74, 6) is 0. The van der Waals surface area contributed by atoms with E-state index in [1.807, 2.05) is 0 Å². The van der Waals surface area contributed by atoms with E-state index < -0.39 is 36.4 Å². The van der Waals surface area contributed by atoms with Crippen molar-refractivity contribution in [3.8, 4) is 0 Å². The van der Waals surface area contributed by atoms with E-state index in [2.05, 4.69) is 26.4 Å². The molecule has 9 nitrogen and oxygen atoms in total. The van der Waals surface area contributed by atoms with Crippen molar-refractivity contribution < 1.29 is 19.7 Å². The van der Waals surface area contributed by atoms with E-state index in [1.165, 1.54) is 18.9 Å². The fraction of sp³-hybridized carbons (Fsp3) is 0.588. The minimum absolute atomic E-state index is 0.413. The number of aliphatic hydroxyl groups is 2. The molecule has 1 saturated heterocycles. The highest BCUT2D eigenvalue weighted by molar-refractivity contribution is 7.99. The fourth-order valence-electron chi connectivity index (χ4n) is 3.31. The number of nitrogens with zero attached hydrogens (tertiary/aromatic N) is 4. The van der Waals surface area contributed by atoms with Crippen LogP contribution < -0.4 is 5.32 Å². The first kappa shape index (κ1) is 21.4. The molecule has 1 fully saturated rings. The molecule has 5 atom stereocenters. The highest BCUT2D eigenvalue weighted by Gasteiger charge is 2.45. The monoisotopic (exact) mass is 427 g/mol. The lowest BCUT2D eigenvalue weighted by Crippen LogP contribution is -2.57. The molecule has 0 aliphatic carbocycles. The third-order valence-corrected chi connectivity index (χ3v) is 6.10. The van der Waals surface area contributed by atoms with Gasteiger partial charge < -0.3 is 25.0 Å². The maximum Gasteiger partial charge on any atom is 0.134 e. The van der Waals surface area contributed by atoms with Gasteiger partial charge in [0, 0.05) is 29.7 Å². The molecule has 0 spiro atoms. The fourth-order valence-corrected chi connectivity index (χ4v) is 4.88. The summed E-state index contributed by atoms with van der Waals surface area (Å²) in [5.41, 5.74) is 10.2. The topological polar surface area (TPSA) is 133 Å². The van der Waals surface area contributed by atoms with Gasteiger partial charge in [0.15, 0.2) is 0 Å². The lowest BCUT2D eigenvalue weighted by Gasteiger charge is -2.41. The van der Waals surface area contributed by atoms with Crippen LogP contribution in [0, 0.1) is 0 Å². The average Bonchev–Trinajstić information content (AvgIpc) is 2.71. The number of pyridine rings is 1. The Morgan fingerprint density at radius 3 is 3.04 bits per heavy atom. The molecule has 11 heteroatoms. The van der Waals surface area contributed by atoms with Gasteiger partial charge in [0.1, 0.15) is 17.6 Å². The number of thioether (sulfide) groups is 1. The Balaban J connectivity index is 1.93. The van der Waals surface area contributed by atoms with Gasteiger partial charge in [0.05, 0.1) is 29.5 Å². The van der Waals surface area contributed by atoms with Crippen LogP contribution in [0.4, 0.5) is 0 Å². The molecular weight excluding hydrogens is 406 g/mol. The zero-order chi connectivity index (χ0) is 20.1. The van der Waals surface area contributed by atoms with Gasteiger partial charge in [-0.25, -0.2) is 0 Å². The van der Waals surface area contributed by atoms with E-state index in [1.54, 1.807) is 12.3 Å². The van der Waals surface area contributed by atoms with Crippen LogP contribution in [0.25, 0.3) is 16.0 Å². The van der Waals surface area contributed by atoms with Crippen molar-refractivity contribution in [1.29, 1.82) is 0 Å². The van der Waals surface area contributed by atoms with Crippen molar-refractivity contribution >= 4 is 28.9 Å². The highest BCUT2D eigenvalue weighted by atomic mass is 35.5. The third-order valence-electron chi connectivity index (χ3n) is 4.71. The largest absolute Gasteiger partial charge is 0.394 e. The molecule has 2 aliphatic rings. The van der Waals surface area contributed by atoms with Gasteiger partial charge in [-0.15, -0.1) is 0 Å². The standard InChI is InChI=1S/C17H22ClN5O4S/c1-26-16-14(22-23-19)15(25)11(8-24)27-17(16)28-12-6-10(18)7-21-13(12)9-2-4-20-5-3-9/h2,6-7,11,14-17,20,24-25H,3-5,8H2,1H3/t11?,14-,15-,16?,17+/m0/s1. The SMILES string of the molecule is COC1[C@@H](Sc2cc(Cl)cnc2C2=CCNCC2)OC(CO)[C@H](O)[C@@H]1N=[N+]=[N-]. The lowest BCUT2D eigenvalue weighted by atomic mass is 9.98. The second kappa shape index (κ2) is 9.91. The number of nitrogens with one attached hydrogen (secondary N) is 1. The third kappa shape index (κ3) is 4.61. The number of hydrogen-bond acceptors (Lipinski definition) is 8. The minimum Gasteiger partial charge on any atom is -0.394 e. The first-order chi connectivity index (χ1) is 13.6. The normalized spacial score (nSPS) is 30.4. The van der Waals surface area contributed by atoms with Crippen LogP contribution >= 0.6 is 23.4 Å². The Hall–Kier alpha value is -1.36. The second-order valence-corrected chi connectivity index (χ2v) is 7.99. The summed E-state index contributed by atoms with van der Waals surface area (Å²) in [6, 6.07) is 0.904. The predicted molar refractivity (Wildman–Crippen MR) is 106 cm³/mol. The zero-order valence-corrected chi connectivity index (χ0v) is 16.8. The summed E-state index contributed by atoms with van der Waals surface area (Å²) in [6.45, 7) is 1.21. The van der Waals surface area contributed by atoms with Gasteiger partial charge in [-0.1, -0.05) is 34.6 Å². The van der Waals surface area contributed by atoms with Crippen LogP contribution in [-0.4, -0.2) is 71.8 Å². The van der Waals surface area contributed by atoms with E-state index in [-0.39, 0.29) is 0 Å². The molecule has 0 amide bonds. The van der Waals surface area contributed by atoms with Crippen LogP contribution in [0.2, 0.25) is 5.02 Å². The van der Waals surface area contributed by atoms with Crippen molar-refractivity contribution in [2.24, 2.45) is 5.11 Å². The Bertz CT molecular complexity index is 776. The molecule has 3 rings (SSSR count). The van der Waals surface area contributed by atoms with Gasteiger partial charge in [-0.05, 0) is 30.1 Å². The molecular formula is C17H22ClN5O4S.